The Morgan fingerprint density at radius 1 is 1.23 bits per heavy atom. The summed E-state index contributed by atoms with van der Waals surface area (Å²) >= 11 is 6.45. The average molecular weight is 460 g/mol. The highest BCUT2D eigenvalue weighted by atomic mass is 35.5. The predicted molar refractivity (Wildman–Crippen MR) is 120 cm³/mol. The molecular weight excluding hydrogens is 442 g/mol. The SMILES string of the molecule is CC(C)c1ccc(NC(=O)CN2C(=O)S/C(=C\c3ccc(Cl)c([N+](=O)[O-])c3)C2=O)cc1. The fraction of sp³-hybridized carbons (Fsp3) is 0.190. The number of halogens is 1. The minimum atomic E-state index is -0.641. The van der Waals surface area contributed by atoms with E-state index in [4.69, 9.17) is 11.6 Å². The fourth-order valence-electron chi connectivity index (χ4n) is 2.84. The van der Waals surface area contributed by atoms with Gasteiger partial charge in [0.25, 0.3) is 16.8 Å². The van der Waals surface area contributed by atoms with Crippen molar-refractivity contribution in [3.63, 3.8) is 0 Å². The average Bonchev–Trinajstić information content (AvgIpc) is 2.97. The molecule has 0 atom stereocenters. The quantitative estimate of drug-likeness (QED) is 0.368. The van der Waals surface area contributed by atoms with Gasteiger partial charge in [0, 0.05) is 11.8 Å². The van der Waals surface area contributed by atoms with E-state index < -0.39 is 28.5 Å². The van der Waals surface area contributed by atoms with Gasteiger partial charge in [-0.1, -0.05) is 43.6 Å². The number of nitrogens with one attached hydrogen (secondary N) is 1. The molecule has 0 bridgehead atoms. The van der Waals surface area contributed by atoms with Crippen LogP contribution in [0.5, 0.6) is 0 Å². The molecule has 1 aliphatic heterocycles. The van der Waals surface area contributed by atoms with E-state index in [1.165, 1.54) is 24.3 Å². The van der Waals surface area contributed by atoms with Gasteiger partial charge in [-0.3, -0.25) is 29.4 Å². The van der Waals surface area contributed by atoms with Gasteiger partial charge in [0.1, 0.15) is 11.6 Å². The summed E-state index contributed by atoms with van der Waals surface area (Å²) in [5.41, 5.74) is 1.72. The van der Waals surface area contributed by atoms with E-state index in [9.17, 15) is 24.5 Å². The number of rotatable bonds is 6. The summed E-state index contributed by atoms with van der Waals surface area (Å²) in [6, 6.07) is 11.4. The first-order valence-electron chi connectivity index (χ1n) is 9.25. The van der Waals surface area contributed by atoms with E-state index >= 15 is 0 Å². The van der Waals surface area contributed by atoms with Gasteiger partial charge in [-0.25, -0.2) is 0 Å². The Kier molecular flexibility index (Phi) is 6.77. The number of nitro benzene ring substituents is 1. The van der Waals surface area contributed by atoms with Crippen molar-refractivity contribution in [1.29, 1.82) is 0 Å². The lowest BCUT2D eigenvalue weighted by atomic mass is 10.0. The Hall–Kier alpha value is -3.17. The molecular formula is C21H18ClN3O5S. The third-order valence-corrected chi connectivity index (χ3v) is 5.73. The van der Waals surface area contributed by atoms with Gasteiger partial charge in [-0.05, 0) is 53.1 Å². The molecule has 0 aromatic heterocycles. The lowest BCUT2D eigenvalue weighted by Gasteiger charge is -2.13. The summed E-state index contributed by atoms with van der Waals surface area (Å²) in [5, 5.41) is 13.1. The van der Waals surface area contributed by atoms with Crippen LogP contribution in [0.15, 0.2) is 47.4 Å². The van der Waals surface area contributed by atoms with Crippen molar-refractivity contribution in [2.24, 2.45) is 0 Å². The Morgan fingerprint density at radius 3 is 2.52 bits per heavy atom. The highest BCUT2D eigenvalue weighted by Gasteiger charge is 2.36. The molecule has 0 radical (unpaired) electrons. The molecule has 1 fully saturated rings. The van der Waals surface area contributed by atoms with Crippen molar-refractivity contribution in [3.8, 4) is 0 Å². The summed E-state index contributed by atoms with van der Waals surface area (Å²) in [7, 11) is 0. The molecule has 3 rings (SSSR count). The summed E-state index contributed by atoms with van der Waals surface area (Å²) in [6.07, 6.45) is 1.36. The molecule has 0 unspecified atom stereocenters. The van der Waals surface area contributed by atoms with E-state index in [0.29, 0.717) is 28.9 Å². The van der Waals surface area contributed by atoms with Gasteiger partial charge in [-0.15, -0.1) is 0 Å². The van der Waals surface area contributed by atoms with Crippen LogP contribution >= 0.6 is 23.4 Å². The molecule has 0 aliphatic carbocycles. The van der Waals surface area contributed by atoms with Crippen molar-refractivity contribution < 1.29 is 19.3 Å². The summed E-state index contributed by atoms with van der Waals surface area (Å²) < 4.78 is 0. The standard InChI is InChI=1S/C21H18ClN3O5S/c1-12(2)14-4-6-15(7-5-14)23-19(26)11-24-20(27)18(31-21(24)28)10-13-3-8-16(22)17(9-13)25(29)30/h3-10,12H,11H2,1-2H3,(H,23,26)/b18-10-. The number of nitrogens with zero attached hydrogens (tertiary/aromatic N) is 2. The van der Waals surface area contributed by atoms with Crippen LogP contribution in [0.4, 0.5) is 16.2 Å². The molecule has 1 aliphatic rings. The van der Waals surface area contributed by atoms with Crippen LogP contribution in [-0.2, 0) is 9.59 Å². The number of nitro groups is 1. The number of anilines is 1. The number of imide groups is 1. The predicted octanol–water partition coefficient (Wildman–Crippen LogP) is 5.05. The zero-order valence-electron chi connectivity index (χ0n) is 16.6. The molecule has 1 heterocycles. The highest BCUT2D eigenvalue weighted by Crippen LogP contribution is 2.33. The van der Waals surface area contributed by atoms with Gasteiger partial charge in [0.15, 0.2) is 0 Å². The maximum Gasteiger partial charge on any atom is 0.294 e. The molecule has 1 N–H and O–H groups in total. The van der Waals surface area contributed by atoms with Crippen LogP contribution in [0.25, 0.3) is 6.08 Å². The number of hydrogen-bond acceptors (Lipinski definition) is 6. The first kappa shape index (κ1) is 22.5. The maximum atomic E-state index is 12.6. The van der Waals surface area contributed by atoms with Crippen LogP contribution in [0, 0.1) is 10.1 Å². The van der Waals surface area contributed by atoms with Gasteiger partial charge in [0.2, 0.25) is 5.91 Å². The Balaban J connectivity index is 1.70. The van der Waals surface area contributed by atoms with E-state index in [2.05, 4.69) is 19.2 Å². The first-order valence-corrected chi connectivity index (χ1v) is 10.4. The molecule has 3 amide bonds. The Morgan fingerprint density at radius 2 is 1.90 bits per heavy atom. The molecule has 160 valence electrons. The largest absolute Gasteiger partial charge is 0.325 e. The molecule has 10 heteroatoms. The highest BCUT2D eigenvalue weighted by molar-refractivity contribution is 8.18. The van der Waals surface area contributed by atoms with E-state index in [-0.39, 0.29) is 15.6 Å². The second-order valence-corrected chi connectivity index (χ2v) is 8.46. The van der Waals surface area contributed by atoms with Crippen LogP contribution < -0.4 is 5.32 Å². The number of carbonyl (C=O) groups excluding carboxylic acids is 3. The van der Waals surface area contributed by atoms with Gasteiger partial charge >= 0.3 is 0 Å². The lowest BCUT2D eigenvalue weighted by Crippen LogP contribution is -2.36. The monoisotopic (exact) mass is 459 g/mol. The third kappa shape index (κ3) is 5.31. The number of hydrogen-bond donors (Lipinski definition) is 1. The minimum Gasteiger partial charge on any atom is -0.325 e. The van der Waals surface area contributed by atoms with Crippen molar-refractivity contribution >= 4 is 57.9 Å². The van der Waals surface area contributed by atoms with Crippen LogP contribution in [0.1, 0.15) is 30.9 Å². The topological polar surface area (TPSA) is 110 Å². The van der Waals surface area contributed by atoms with E-state index in [1.807, 2.05) is 12.1 Å². The van der Waals surface area contributed by atoms with E-state index in [0.717, 1.165) is 10.5 Å². The molecule has 2 aromatic carbocycles. The zero-order chi connectivity index (χ0) is 22.7. The number of thioether (sulfide) groups is 1. The van der Waals surface area contributed by atoms with Crippen molar-refractivity contribution in [3.05, 3.63) is 73.6 Å². The van der Waals surface area contributed by atoms with Gasteiger partial charge in [-0.2, -0.15) is 0 Å². The molecule has 8 nitrogen and oxygen atoms in total. The number of amides is 3. The van der Waals surface area contributed by atoms with Crippen molar-refractivity contribution in [1.82, 2.24) is 4.90 Å². The lowest BCUT2D eigenvalue weighted by molar-refractivity contribution is -0.384. The summed E-state index contributed by atoms with van der Waals surface area (Å²) in [4.78, 5) is 48.4. The van der Waals surface area contributed by atoms with Crippen LogP contribution in [-0.4, -0.2) is 33.4 Å². The fourth-order valence-corrected chi connectivity index (χ4v) is 3.87. The first-order chi connectivity index (χ1) is 14.7. The van der Waals surface area contributed by atoms with Crippen molar-refractivity contribution in [2.75, 3.05) is 11.9 Å². The van der Waals surface area contributed by atoms with Crippen LogP contribution in [0.3, 0.4) is 0 Å². The van der Waals surface area contributed by atoms with Gasteiger partial charge in [0.05, 0.1) is 9.83 Å². The zero-order valence-corrected chi connectivity index (χ0v) is 18.2. The molecule has 1 saturated heterocycles. The molecule has 0 spiro atoms. The second kappa shape index (κ2) is 9.32. The van der Waals surface area contributed by atoms with Crippen molar-refractivity contribution in [2.45, 2.75) is 19.8 Å². The van der Waals surface area contributed by atoms with Crippen LogP contribution in [0.2, 0.25) is 5.02 Å². The third-order valence-electron chi connectivity index (χ3n) is 4.50. The smallest absolute Gasteiger partial charge is 0.294 e. The summed E-state index contributed by atoms with van der Waals surface area (Å²) in [6.45, 7) is 3.68. The minimum absolute atomic E-state index is 0.0339. The van der Waals surface area contributed by atoms with Gasteiger partial charge < -0.3 is 5.32 Å². The normalized spacial score (nSPS) is 15.1. The number of benzene rings is 2. The summed E-state index contributed by atoms with van der Waals surface area (Å²) in [5.74, 6) is -0.796. The Labute approximate surface area is 187 Å². The molecule has 2 aromatic rings. The second-order valence-electron chi connectivity index (χ2n) is 7.06. The number of carbonyl (C=O) groups is 3. The van der Waals surface area contributed by atoms with E-state index in [1.54, 1.807) is 12.1 Å². The molecule has 0 saturated carbocycles. The Bertz CT molecular complexity index is 1100. The molecule has 31 heavy (non-hydrogen) atoms. The maximum absolute atomic E-state index is 12.6.